The molecule has 19 heavy (non-hydrogen) atoms. The molecule has 0 bridgehead atoms. The Kier molecular flexibility index (Phi) is 8.14. The van der Waals surface area contributed by atoms with Gasteiger partial charge in [0.2, 0.25) is 0 Å². The maximum absolute atomic E-state index is 11.9. The number of carboxylic acid groups (broad SMARTS) is 1. The van der Waals surface area contributed by atoms with Crippen molar-refractivity contribution < 1.29 is 14.7 Å². The van der Waals surface area contributed by atoms with Crippen molar-refractivity contribution >= 4 is 12.0 Å². The molecule has 0 aliphatic rings. The topological polar surface area (TPSA) is 72.9 Å². The molecule has 6 nitrogen and oxygen atoms in total. The van der Waals surface area contributed by atoms with Gasteiger partial charge in [-0.25, -0.2) is 9.59 Å². The SMILES string of the molecule is CC(C)C[C@H](NC(=O)N(C)CCCN(C)C)C(=O)O. The average molecular weight is 273 g/mol. The fourth-order valence-electron chi connectivity index (χ4n) is 1.68. The van der Waals surface area contributed by atoms with Gasteiger partial charge in [0.1, 0.15) is 6.04 Å². The van der Waals surface area contributed by atoms with Gasteiger partial charge in [0, 0.05) is 13.6 Å². The van der Waals surface area contributed by atoms with Crippen LogP contribution in [0.2, 0.25) is 0 Å². The summed E-state index contributed by atoms with van der Waals surface area (Å²) in [7, 11) is 5.63. The van der Waals surface area contributed by atoms with E-state index in [2.05, 4.69) is 5.32 Å². The van der Waals surface area contributed by atoms with Gasteiger partial charge in [-0.05, 0) is 39.4 Å². The fraction of sp³-hybridized carbons (Fsp3) is 0.846. The van der Waals surface area contributed by atoms with Crippen molar-refractivity contribution in [3.8, 4) is 0 Å². The van der Waals surface area contributed by atoms with Crippen molar-refractivity contribution in [1.82, 2.24) is 15.1 Å². The summed E-state index contributed by atoms with van der Waals surface area (Å²) in [5, 5.41) is 11.6. The Balaban J connectivity index is 4.20. The molecule has 0 aliphatic carbocycles. The molecule has 0 aromatic rings. The summed E-state index contributed by atoms with van der Waals surface area (Å²) in [6, 6.07) is -1.14. The van der Waals surface area contributed by atoms with Gasteiger partial charge in [-0.2, -0.15) is 0 Å². The van der Waals surface area contributed by atoms with Crippen LogP contribution in [-0.2, 0) is 4.79 Å². The van der Waals surface area contributed by atoms with E-state index in [1.54, 1.807) is 7.05 Å². The first-order valence-electron chi connectivity index (χ1n) is 6.63. The molecule has 0 radical (unpaired) electrons. The third kappa shape index (κ3) is 8.42. The molecule has 0 rings (SSSR count). The summed E-state index contributed by atoms with van der Waals surface area (Å²) in [5.74, 6) is -0.760. The highest BCUT2D eigenvalue weighted by atomic mass is 16.4. The zero-order chi connectivity index (χ0) is 15.0. The second-order valence-electron chi connectivity index (χ2n) is 5.55. The number of rotatable bonds is 8. The Hall–Kier alpha value is -1.30. The number of aliphatic carboxylic acids is 1. The van der Waals surface area contributed by atoms with Crippen LogP contribution in [0.1, 0.15) is 26.7 Å². The van der Waals surface area contributed by atoms with Crippen LogP contribution in [0, 0.1) is 5.92 Å². The minimum Gasteiger partial charge on any atom is -0.480 e. The van der Waals surface area contributed by atoms with Gasteiger partial charge in [-0.3, -0.25) is 0 Å². The van der Waals surface area contributed by atoms with Gasteiger partial charge in [-0.15, -0.1) is 0 Å². The smallest absolute Gasteiger partial charge is 0.326 e. The van der Waals surface area contributed by atoms with E-state index in [4.69, 9.17) is 5.11 Å². The zero-order valence-electron chi connectivity index (χ0n) is 12.6. The van der Waals surface area contributed by atoms with Gasteiger partial charge in [-0.1, -0.05) is 13.8 Å². The van der Waals surface area contributed by atoms with Gasteiger partial charge in [0.05, 0.1) is 0 Å². The Labute approximate surface area is 115 Å². The van der Waals surface area contributed by atoms with Crippen LogP contribution in [0.4, 0.5) is 4.79 Å². The molecule has 0 aromatic carbocycles. The maximum atomic E-state index is 11.9. The van der Waals surface area contributed by atoms with Crippen LogP contribution in [0.15, 0.2) is 0 Å². The summed E-state index contributed by atoms with van der Waals surface area (Å²) in [6.07, 6.45) is 1.30. The van der Waals surface area contributed by atoms with E-state index in [0.717, 1.165) is 13.0 Å². The molecule has 6 heteroatoms. The van der Waals surface area contributed by atoms with Crippen molar-refractivity contribution in [2.24, 2.45) is 5.92 Å². The predicted octanol–water partition coefficient (Wildman–Crippen LogP) is 1.08. The number of amides is 2. The van der Waals surface area contributed by atoms with Gasteiger partial charge in [0.25, 0.3) is 0 Å². The highest BCUT2D eigenvalue weighted by Gasteiger charge is 2.22. The molecule has 112 valence electrons. The number of carbonyl (C=O) groups excluding carboxylic acids is 1. The lowest BCUT2D eigenvalue weighted by Crippen LogP contribution is -2.47. The molecule has 2 amide bonds. The first-order chi connectivity index (χ1) is 8.73. The molecule has 0 saturated heterocycles. The molecule has 0 aromatic heterocycles. The molecule has 0 spiro atoms. The van der Waals surface area contributed by atoms with Crippen LogP contribution in [0.25, 0.3) is 0 Å². The summed E-state index contributed by atoms with van der Waals surface area (Å²) >= 11 is 0. The Morgan fingerprint density at radius 3 is 2.16 bits per heavy atom. The van der Waals surface area contributed by atoms with Crippen LogP contribution < -0.4 is 5.32 Å². The largest absolute Gasteiger partial charge is 0.480 e. The summed E-state index contributed by atoms with van der Waals surface area (Å²) < 4.78 is 0. The molecule has 0 unspecified atom stereocenters. The van der Waals surface area contributed by atoms with Crippen LogP contribution in [-0.4, -0.2) is 67.2 Å². The predicted molar refractivity (Wildman–Crippen MR) is 75.2 cm³/mol. The molecule has 0 aliphatic heterocycles. The van der Waals surface area contributed by atoms with Gasteiger partial charge < -0.3 is 20.2 Å². The summed E-state index contributed by atoms with van der Waals surface area (Å²) in [5.41, 5.74) is 0. The minimum atomic E-state index is -0.983. The first kappa shape index (κ1) is 17.7. The third-order valence-corrected chi connectivity index (χ3v) is 2.75. The minimum absolute atomic E-state index is 0.223. The summed E-state index contributed by atoms with van der Waals surface area (Å²) in [6.45, 7) is 5.37. The number of urea groups is 1. The Bertz CT molecular complexity index is 293. The molecular weight excluding hydrogens is 246 g/mol. The van der Waals surface area contributed by atoms with E-state index in [1.165, 1.54) is 4.90 Å². The summed E-state index contributed by atoms with van der Waals surface area (Å²) in [4.78, 5) is 26.5. The van der Waals surface area contributed by atoms with E-state index in [1.807, 2.05) is 32.8 Å². The highest BCUT2D eigenvalue weighted by molar-refractivity contribution is 5.82. The standard InChI is InChI=1S/C13H27N3O3/c1-10(2)9-11(12(17)18)14-13(19)16(5)8-6-7-15(3)4/h10-11H,6-9H2,1-5H3,(H,14,19)(H,17,18)/t11-/m0/s1. The van der Waals surface area contributed by atoms with Crippen molar-refractivity contribution in [2.45, 2.75) is 32.7 Å². The van der Waals surface area contributed by atoms with Gasteiger partial charge in [0.15, 0.2) is 0 Å². The molecule has 1 atom stereocenters. The number of hydrogen-bond donors (Lipinski definition) is 2. The molecule has 0 heterocycles. The number of nitrogens with zero attached hydrogens (tertiary/aromatic N) is 2. The van der Waals surface area contributed by atoms with Crippen molar-refractivity contribution in [3.63, 3.8) is 0 Å². The number of hydrogen-bond acceptors (Lipinski definition) is 3. The normalized spacial score (nSPS) is 12.6. The number of carbonyl (C=O) groups is 2. The average Bonchev–Trinajstić information content (AvgIpc) is 2.26. The van der Waals surface area contributed by atoms with Crippen molar-refractivity contribution in [1.29, 1.82) is 0 Å². The van der Waals surface area contributed by atoms with Crippen LogP contribution in [0.3, 0.4) is 0 Å². The number of carboxylic acids is 1. The molecule has 2 N–H and O–H groups in total. The molecule has 0 fully saturated rings. The second kappa shape index (κ2) is 8.74. The van der Waals surface area contributed by atoms with E-state index < -0.39 is 12.0 Å². The van der Waals surface area contributed by atoms with Gasteiger partial charge >= 0.3 is 12.0 Å². The molecular formula is C13H27N3O3. The molecule has 0 saturated carbocycles. The fourth-order valence-corrected chi connectivity index (χ4v) is 1.68. The van der Waals surface area contributed by atoms with Crippen LogP contribution in [0.5, 0.6) is 0 Å². The van der Waals surface area contributed by atoms with E-state index in [9.17, 15) is 9.59 Å². The Morgan fingerprint density at radius 2 is 1.74 bits per heavy atom. The maximum Gasteiger partial charge on any atom is 0.326 e. The third-order valence-electron chi connectivity index (χ3n) is 2.75. The Morgan fingerprint density at radius 1 is 1.16 bits per heavy atom. The first-order valence-corrected chi connectivity index (χ1v) is 6.63. The quantitative estimate of drug-likeness (QED) is 0.694. The van der Waals surface area contributed by atoms with Crippen molar-refractivity contribution in [3.05, 3.63) is 0 Å². The zero-order valence-corrected chi connectivity index (χ0v) is 12.6. The lowest BCUT2D eigenvalue weighted by atomic mass is 10.0. The lowest BCUT2D eigenvalue weighted by Gasteiger charge is -2.22. The number of nitrogens with one attached hydrogen (secondary N) is 1. The van der Waals surface area contributed by atoms with Crippen molar-refractivity contribution in [2.75, 3.05) is 34.2 Å². The highest BCUT2D eigenvalue weighted by Crippen LogP contribution is 2.05. The van der Waals surface area contributed by atoms with E-state index in [-0.39, 0.29) is 11.9 Å². The monoisotopic (exact) mass is 273 g/mol. The second-order valence-corrected chi connectivity index (χ2v) is 5.55. The van der Waals surface area contributed by atoms with E-state index in [0.29, 0.717) is 13.0 Å². The lowest BCUT2D eigenvalue weighted by molar-refractivity contribution is -0.139. The van der Waals surface area contributed by atoms with E-state index >= 15 is 0 Å². The van der Waals surface area contributed by atoms with Crippen LogP contribution >= 0.6 is 0 Å².